The fourth-order valence-corrected chi connectivity index (χ4v) is 1.43. The first-order valence-corrected chi connectivity index (χ1v) is 5.23. The summed E-state index contributed by atoms with van der Waals surface area (Å²) in [6.45, 7) is 6.70. The molecule has 0 saturated carbocycles. The zero-order chi connectivity index (χ0) is 9.45. The summed E-state index contributed by atoms with van der Waals surface area (Å²) < 4.78 is 5.54. The molecule has 0 aliphatic carbocycles. The third kappa shape index (κ3) is 4.81. The highest BCUT2D eigenvalue weighted by Crippen LogP contribution is 2.23. The normalized spacial score (nSPS) is 11.9. The Morgan fingerprint density at radius 1 is 1.08 bits per heavy atom. The van der Waals surface area contributed by atoms with E-state index >= 15 is 0 Å². The standard InChI is InChI=1S/C10H23BO/c1-4-6-8-10(3,12-11)9-7-5-2/h4-9,11H2,1-3H3. The van der Waals surface area contributed by atoms with E-state index in [2.05, 4.69) is 20.8 Å². The molecule has 0 bridgehead atoms. The van der Waals surface area contributed by atoms with E-state index in [9.17, 15) is 0 Å². The second-order valence-electron chi connectivity index (χ2n) is 3.86. The molecule has 0 aromatic rings. The van der Waals surface area contributed by atoms with Crippen molar-refractivity contribution in [3.63, 3.8) is 0 Å². The van der Waals surface area contributed by atoms with Gasteiger partial charge in [0.1, 0.15) is 0 Å². The van der Waals surface area contributed by atoms with Crippen molar-refractivity contribution in [2.75, 3.05) is 0 Å². The van der Waals surface area contributed by atoms with E-state index in [0.717, 1.165) is 0 Å². The Hall–Kier alpha value is 0.0249. The van der Waals surface area contributed by atoms with Crippen LogP contribution in [0.15, 0.2) is 0 Å². The summed E-state index contributed by atoms with van der Waals surface area (Å²) >= 11 is 0. The van der Waals surface area contributed by atoms with Gasteiger partial charge in [-0.3, -0.25) is 0 Å². The van der Waals surface area contributed by atoms with Gasteiger partial charge in [-0.1, -0.05) is 39.5 Å². The van der Waals surface area contributed by atoms with Crippen molar-refractivity contribution in [2.24, 2.45) is 0 Å². The topological polar surface area (TPSA) is 9.23 Å². The molecule has 0 amide bonds. The third-order valence-electron chi connectivity index (χ3n) is 2.61. The zero-order valence-corrected chi connectivity index (χ0v) is 9.15. The number of rotatable bonds is 7. The molecule has 0 aromatic carbocycles. The molecule has 2 heteroatoms. The molecule has 0 N–H and O–H groups in total. The minimum Gasteiger partial charge on any atom is -0.439 e. The third-order valence-corrected chi connectivity index (χ3v) is 2.61. The maximum atomic E-state index is 5.54. The fourth-order valence-electron chi connectivity index (χ4n) is 1.43. The van der Waals surface area contributed by atoms with Crippen molar-refractivity contribution in [1.82, 2.24) is 0 Å². The van der Waals surface area contributed by atoms with E-state index in [1.807, 2.05) is 8.05 Å². The molecule has 0 unspecified atom stereocenters. The number of hydrogen-bond donors (Lipinski definition) is 0. The fraction of sp³-hybridized carbons (Fsp3) is 1.00. The van der Waals surface area contributed by atoms with E-state index in [4.69, 9.17) is 4.65 Å². The van der Waals surface area contributed by atoms with Gasteiger partial charge in [-0.05, 0) is 19.8 Å². The predicted octanol–water partition coefficient (Wildman–Crippen LogP) is 2.69. The molecule has 72 valence electrons. The van der Waals surface area contributed by atoms with E-state index in [1.165, 1.54) is 38.5 Å². The smallest absolute Gasteiger partial charge is 0.258 e. The van der Waals surface area contributed by atoms with Crippen LogP contribution in [0.2, 0.25) is 0 Å². The van der Waals surface area contributed by atoms with Gasteiger partial charge in [0.25, 0.3) is 8.05 Å². The molecule has 1 nitrogen and oxygen atoms in total. The van der Waals surface area contributed by atoms with Gasteiger partial charge >= 0.3 is 0 Å². The van der Waals surface area contributed by atoms with E-state index < -0.39 is 0 Å². The van der Waals surface area contributed by atoms with Gasteiger partial charge in [0.2, 0.25) is 0 Å². The highest BCUT2D eigenvalue weighted by Gasteiger charge is 2.20. The molecule has 0 saturated heterocycles. The highest BCUT2D eigenvalue weighted by molar-refractivity contribution is 5.98. The monoisotopic (exact) mass is 170 g/mol. The van der Waals surface area contributed by atoms with E-state index in [1.54, 1.807) is 0 Å². The molecule has 0 fully saturated rings. The van der Waals surface area contributed by atoms with Gasteiger partial charge in [0, 0.05) is 5.60 Å². The van der Waals surface area contributed by atoms with Crippen molar-refractivity contribution in [1.29, 1.82) is 0 Å². The summed E-state index contributed by atoms with van der Waals surface area (Å²) in [5.74, 6) is 0. The summed E-state index contributed by atoms with van der Waals surface area (Å²) in [6, 6.07) is 0. The van der Waals surface area contributed by atoms with Gasteiger partial charge in [0.15, 0.2) is 0 Å². The second-order valence-corrected chi connectivity index (χ2v) is 3.86. The summed E-state index contributed by atoms with van der Waals surface area (Å²) in [5.41, 5.74) is 0.145. The van der Waals surface area contributed by atoms with Crippen LogP contribution in [0.4, 0.5) is 0 Å². The van der Waals surface area contributed by atoms with E-state index in [0.29, 0.717) is 0 Å². The first-order chi connectivity index (χ1) is 5.68. The van der Waals surface area contributed by atoms with Crippen molar-refractivity contribution in [3.8, 4) is 0 Å². The second kappa shape index (κ2) is 6.53. The molecule has 0 heterocycles. The Kier molecular flexibility index (Phi) is 6.54. The molecule has 12 heavy (non-hydrogen) atoms. The average molecular weight is 170 g/mol. The average Bonchev–Trinajstić information content (AvgIpc) is 2.11. The molecule has 0 aliphatic rings. The Morgan fingerprint density at radius 2 is 1.50 bits per heavy atom. The number of hydrogen-bond acceptors (Lipinski definition) is 1. The van der Waals surface area contributed by atoms with Crippen LogP contribution in [-0.2, 0) is 4.65 Å². The van der Waals surface area contributed by atoms with Gasteiger partial charge in [-0.25, -0.2) is 0 Å². The van der Waals surface area contributed by atoms with Crippen LogP contribution in [0.1, 0.15) is 59.3 Å². The van der Waals surface area contributed by atoms with Crippen LogP contribution < -0.4 is 0 Å². The molecule has 0 rings (SSSR count). The van der Waals surface area contributed by atoms with Gasteiger partial charge in [-0.15, -0.1) is 0 Å². The minimum atomic E-state index is 0.145. The SMILES string of the molecule is BOC(C)(CCCC)CCCC. The highest BCUT2D eigenvalue weighted by atomic mass is 16.4. The maximum absolute atomic E-state index is 5.54. The first kappa shape index (κ1) is 12.0. The molecule has 0 radical (unpaired) electrons. The summed E-state index contributed by atoms with van der Waals surface area (Å²) in [7, 11) is 1.84. The summed E-state index contributed by atoms with van der Waals surface area (Å²) in [4.78, 5) is 0. The quantitative estimate of drug-likeness (QED) is 0.533. The Bertz CT molecular complexity index is 96.0. The van der Waals surface area contributed by atoms with Gasteiger partial charge in [-0.2, -0.15) is 0 Å². The predicted molar refractivity (Wildman–Crippen MR) is 57.1 cm³/mol. The lowest BCUT2D eigenvalue weighted by molar-refractivity contribution is 0.0757. The van der Waals surface area contributed by atoms with Gasteiger partial charge < -0.3 is 4.65 Å². The Labute approximate surface area is 78.3 Å². The lowest BCUT2D eigenvalue weighted by Crippen LogP contribution is -2.27. The lowest BCUT2D eigenvalue weighted by Gasteiger charge is -2.29. The zero-order valence-electron chi connectivity index (χ0n) is 9.15. The summed E-state index contributed by atoms with van der Waals surface area (Å²) in [5, 5.41) is 0. The molecule has 0 spiro atoms. The van der Waals surface area contributed by atoms with Crippen LogP contribution in [0.25, 0.3) is 0 Å². The molecular formula is C10H23BO. The maximum Gasteiger partial charge on any atom is 0.258 e. The van der Waals surface area contributed by atoms with Crippen molar-refractivity contribution < 1.29 is 4.65 Å². The Balaban J connectivity index is 3.70. The van der Waals surface area contributed by atoms with Gasteiger partial charge in [0.05, 0.1) is 0 Å². The lowest BCUT2D eigenvalue weighted by atomic mass is 9.92. The molecular weight excluding hydrogens is 147 g/mol. The minimum absolute atomic E-state index is 0.145. The van der Waals surface area contributed by atoms with Crippen molar-refractivity contribution >= 4 is 8.05 Å². The molecule has 0 atom stereocenters. The van der Waals surface area contributed by atoms with Crippen LogP contribution >= 0.6 is 0 Å². The molecule has 0 aromatic heterocycles. The van der Waals surface area contributed by atoms with Crippen LogP contribution in [-0.4, -0.2) is 13.7 Å². The van der Waals surface area contributed by atoms with Crippen LogP contribution in [0.5, 0.6) is 0 Å². The van der Waals surface area contributed by atoms with Crippen LogP contribution in [0.3, 0.4) is 0 Å². The Morgan fingerprint density at radius 3 is 1.75 bits per heavy atom. The largest absolute Gasteiger partial charge is 0.439 e. The van der Waals surface area contributed by atoms with Crippen molar-refractivity contribution in [3.05, 3.63) is 0 Å². The summed E-state index contributed by atoms with van der Waals surface area (Å²) in [6.07, 6.45) is 7.53. The van der Waals surface area contributed by atoms with Crippen molar-refractivity contribution in [2.45, 2.75) is 64.9 Å². The van der Waals surface area contributed by atoms with E-state index in [-0.39, 0.29) is 5.60 Å². The van der Waals surface area contributed by atoms with Crippen LogP contribution in [0, 0.1) is 0 Å². The number of unbranched alkanes of at least 4 members (excludes halogenated alkanes) is 2. The first-order valence-electron chi connectivity index (χ1n) is 5.23. The molecule has 0 aliphatic heterocycles.